The Bertz CT molecular complexity index is 638. The van der Waals surface area contributed by atoms with E-state index in [-0.39, 0.29) is 0 Å². The van der Waals surface area contributed by atoms with Crippen molar-refractivity contribution in [2.75, 3.05) is 0 Å². The van der Waals surface area contributed by atoms with Crippen LogP contribution in [0.3, 0.4) is 0 Å². The second-order valence-corrected chi connectivity index (χ2v) is 5.51. The first kappa shape index (κ1) is 13.5. The zero-order valence-corrected chi connectivity index (χ0v) is 11.6. The maximum atomic E-state index is 13.3. The molecule has 0 aliphatic heterocycles. The summed E-state index contributed by atoms with van der Waals surface area (Å²) in [5.41, 5.74) is 2.38. The van der Waals surface area contributed by atoms with Gasteiger partial charge in [0.25, 0.3) is 0 Å². The number of hydrogen-bond donors (Lipinski definition) is 1. The number of hydrogen-bond acceptors (Lipinski definition) is 1. The van der Waals surface area contributed by atoms with Crippen LogP contribution in [0.1, 0.15) is 18.4 Å². The topological polar surface area (TPSA) is 12.0 Å². The number of nitrogens with one attached hydrogen (secondary N) is 1. The van der Waals surface area contributed by atoms with Gasteiger partial charge in [-0.05, 0) is 42.2 Å². The molecule has 0 atom stereocenters. The van der Waals surface area contributed by atoms with Crippen molar-refractivity contribution in [1.82, 2.24) is 5.32 Å². The Kier molecular flexibility index (Phi) is 3.72. The van der Waals surface area contributed by atoms with Crippen molar-refractivity contribution >= 4 is 11.6 Å². The van der Waals surface area contributed by atoms with E-state index in [4.69, 9.17) is 11.6 Å². The number of benzene rings is 2. The van der Waals surface area contributed by atoms with Gasteiger partial charge in [-0.2, -0.15) is 0 Å². The lowest BCUT2D eigenvalue weighted by Gasteiger charge is -2.09. The fraction of sp³-hybridized carbons (Fsp3) is 0.250. The minimum atomic E-state index is -0.863. The van der Waals surface area contributed by atoms with Gasteiger partial charge in [-0.25, -0.2) is 8.78 Å². The van der Waals surface area contributed by atoms with Crippen LogP contribution in [0.5, 0.6) is 0 Å². The molecular weight excluding hydrogens is 280 g/mol. The highest BCUT2D eigenvalue weighted by Crippen LogP contribution is 2.30. The zero-order chi connectivity index (χ0) is 14.1. The third-order valence-corrected chi connectivity index (χ3v) is 3.75. The Morgan fingerprint density at radius 2 is 1.85 bits per heavy atom. The summed E-state index contributed by atoms with van der Waals surface area (Å²) in [7, 11) is 0. The summed E-state index contributed by atoms with van der Waals surface area (Å²) in [6.45, 7) is 0.780. The molecular formula is C16H14ClF2N. The molecule has 0 aromatic heterocycles. The largest absolute Gasteiger partial charge is 0.310 e. The SMILES string of the molecule is Fc1ccc(-c2ccc(CNC3CC3)cc2Cl)cc1F. The van der Waals surface area contributed by atoms with Gasteiger partial charge >= 0.3 is 0 Å². The number of rotatable bonds is 4. The van der Waals surface area contributed by atoms with Gasteiger partial charge in [0.05, 0.1) is 0 Å². The molecule has 4 heteroatoms. The van der Waals surface area contributed by atoms with E-state index < -0.39 is 11.6 Å². The highest BCUT2D eigenvalue weighted by Gasteiger charge is 2.20. The molecule has 2 aromatic rings. The first-order valence-corrected chi connectivity index (χ1v) is 6.98. The monoisotopic (exact) mass is 293 g/mol. The Hall–Kier alpha value is -1.45. The second-order valence-electron chi connectivity index (χ2n) is 5.10. The lowest BCUT2D eigenvalue weighted by Crippen LogP contribution is -2.15. The molecule has 0 bridgehead atoms. The number of halogens is 3. The van der Waals surface area contributed by atoms with Crippen LogP contribution in [-0.4, -0.2) is 6.04 Å². The van der Waals surface area contributed by atoms with E-state index in [2.05, 4.69) is 5.32 Å². The van der Waals surface area contributed by atoms with Gasteiger partial charge in [-0.3, -0.25) is 0 Å². The van der Waals surface area contributed by atoms with Crippen LogP contribution in [0.25, 0.3) is 11.1 Å². The van der Waals surface area contributed by atoms with E-state index in [1.165, 1.54) is 25.0 Å². The summed E-state index contributed by atoms with van der Waals surface area (Å²) >= 11 is 6.24. The Morgan fingerprint density at radius 1 is 1.05 bits per heavy atom. The molecule has 0 radical (unpaired) electrons. The molecule has 0 saturated heterocycles. The van der Waals surface area contributed by atoms with E-state index in [0.717, 1.165) is 18.2 Å². The molecule has 20 heavy (non-hydrogen) atoms. The van der Waals surface area contributed by atoms with Crippen molar-refractivity contribution < 1.29 is 8.78 Å². The minimum Gasteiger partial charge on any atom is -0.310 e. The Morgan fingerprint density at radius 3 is 2.50 bits per heavy atom. The van der Waals surface area contributed by atoms with Crippen LogP contribution in [0.4, 0.5) is 8.78 Å². The van der Waals surface area contributed by atoms with Crippen molar-refractivity contribution in [3.8, 4) is 11.1 Å². The normalized spacial score (nSPS) is 14.6. The van der Waals surface area contributed by atoms with Crippen molar-refractivity contribution in [3.63, 3.8) is 0 Å². The highest BCUT2D eigenvalue weighted by molar-refractivity contribution is 6.33. The van der Waals surface area contributed by atoms with Crippen LogP contribution in [0.15, 0.2) is 36.4 Å². The van der Waals surface area contributed by atoms with Crippen LogP contribution >= 0.6 is 11.6 Å². The predicted molar refractivity (Wildman–Crippen MR) is 76.7 cm³/mol. The molecule has 2 aromatic carbocycles. The van der Waals surface area contributed by atoms with Gasteiger partial charge < -0.3 is 5.32 Å². The van der Waals surface area contributed by atoms with E-state index in [0.29, 0.717) is 22.2 Å². The van der Waals surface area contributed by atoms with Crippen molar-refractivity contribution in [2.24, 2.45) is 0 Å². The van der Waals surface area contributed by atoms with Gasteiger partial charge in [0.1, 0.15) is 0 Å². The molecule has 1 N–H and O–H groups in total. The van der Waals surface area contributed by atoms with Crippen molar-refractivity contribution in [2.45, 2.75) is 25.4 Å². The van der Waals surface area contributed by atoms with E-state index in [1.54, 1.807) is 0 Å². The zero-order valence-electron chi connectivity index (χ0n) is 10.8. The summed E-state index contributed by atoms with van der Waals surface area (Å²) < 4.78 is 26.2. The quantitative estimate of drug-likeness (QED) is 0.873. The molecule has 1 saturated carbocycles. The van der Waals surface area contributed by atoms with Crippen LogP contribution in [0, 0.1) is 11.6 Å². The molecule has 1 aliphatic carbocycles. The van der Waals surface area contributed by atoms with Gasteiger partial charge in [0.2, 0.25) is 0 Å². The van der Waals surface area contributed by atoms with Crippen molar-refractivity contribution in [3.05, 3.63) is 58.6 Å². The first-order valence-electron chi connectivity index (χ1n) is 6.61. The van der Waals surface area contributed by atoms with Gasteiger partial charge in [0.15, 0.2) is 11.6 Å². The highest BCUT2D eigenvalue weighted by atomic mass is 35.5. The third kappa shape index (κ3) is 3.00. The van der Waals surface area contributed by atoms with Crippen molar-refractivity contribution in [1.29, 1.82) is 0 Å². The average Bonchev–Trinajstić information content (AvgIpc) is 3.24. The molecule has 1 fully saturated rings. The van der Waals surface area contributed by atoms with Gasteiger partial charge in [-0.1, -0.05) is 29.8 Å². The lowest BCUT2D eigenvalue weighted by molar-refractivity contribution is 0.509. The average molecular weight is 294 g/mol. The summed E-state index contributed by atoms with van der Waals surface area (Å²) in [5, 5.41) is 3.96. The lowest BCUT2D eigenvalue weighted by atomic mass is 10.0. The molecule has 3 rings (SSSR count). The van der Waals surface area contributed by atoms with Crippen LogP contribution in [0.2, 0.25) is 5.02 Å². The minimum absolute atomic E-state index is 0.547. The maximum Gasteiger partial charge on any atom is 0.159 e. The molecule has 1 aliphatic rings. The second kappa shape index (κ2) is 5.51. The Labute approximate surface area is 121 Å². The summed E-state index contributed by atoms with van der Waals surface area (Å²) in [4.78, 5) is 0. The fourth-order valence-electron chi connectivity index (χ4n) is 2.12. The molecule has 1 nitrogen and oxygen atoms in total. The van der Waals surface area contributed by atoms with Gasteiger partial charge in [0, 0.05) is 23.2 Å². The van der Waals surface area contributed by atoms with Crippen LogP contribution in [-0.2, 0) is 6.54 Å². The molecule has 0 unspecified atom stereocenters. The Balaban J connectivity index is 1.83. The first-order chi connectivity index (χ1) is 9.63. The van der Waals surface area contributed by atoms with E-state index in [9.17, 15) is 8.78 Å². The third-order valence-electron chi connectivity index (χ3n) is 3.44. The molecule has 104 valence electrons. The fourth-order valence-corrected chi connectivity index (χ4v) is 2.43. The molecule has 0 spiro atoms. The maximum absolute atomic E-state index is 13.3. The smallest absolute Gasteiger partial charge is 0.159 e. The van der Waals surface area contributed by atoms with E-state index >= 15 is 0 Å². The standard InChI is InChI=1S/C16H14ClF2N/c17-14-7-10(9-20-12-3-4-12)1-5-13(14)11-2-6-15(18)16(19)8-11/h1-2,5-8,12,20H,3-4,9H2. The van der Waals surface area contributed by atoms with E-state index in [1.807, 2.05) is 18.2 Å². The molecule has 0 heterocycles. The molecule has 0 amide bonds. The van der Waals surface area contributed by atoms with Crippen LogP contribution < -0.4 is 5.32 Å². The summed E-state index contributed by atoms with van der Waals surface area (Å²) in [6.07, 6.45) is 2.47. The van der Waals surface area contributed by atoms with Gasteiger partial charge in [-0.15, -0.1) is 0 Å². The predicted octanol–water partition coefficient (Wildman–Crippen LogP) is 4.54. The summed E-state index contributed by atoms with van der Waals surface area (Å²) in [5.74, 6) is -1.71. The summed E-state index contributed by atoms with van der Waals surface area (Å²) in [6, 6.07) is 10.1.